The Bertz CT molecular complexity index is 1460. The van der Waals surface area contributed by atoms with Gasteiger partial charge in [-0.3, -0.25) is 4.79 Å². The van der Waals surface area contributed by atoms with Crippen LogP contribution in [0.2, 0.25) is 0 Å². The third kappa shape index (κ3) is 5.83. The number of aromatic nitrogens is 1. The van der Waals surface area contributed by atoms with Gasteiger partial charge in [0.15, 0.2) is 9.84 Å². The van der Waals surface area contributed by atoms with E-state index in [1.54, 1.807) is 31.2 Å². The minimum absolute atomic E-state index is 0.148. The third-order valence-corrected chi connectivity index (χ3v) is 7.09. The summed E-state index contributed by atoms with van der Waals surface area (Å²) in [6.07, 6.45) is -4.56. The van der Waals surface area contributed by atoms with Crippen LogP contribution in [0.3, 0.4) is 0 Å². The SMILES string of the molecule is Cc1oc(-c2ccc(C(=O)NCc3ccccc3)cc2)nc1CS(=O)(=O)c1ccc(C(F)(F)F)cc1. The fraction of sp³-hybridized carbons (Fsp3) is 0.154. The van der Waals surface area contributed by atoms with E-state index in [1.165, 1.54) is 0 Å². The molecule has 1 heterocycles. The lowest BCUT2D eigenvalue weighted by atomic mass is 10.1. The number of amides is 1. The molecule has 4 aromatic rings. The van der Waals surface area contributed by atoms with E-state index in [9.17, 15) is 26.4 Å². The molecule has 4 rings (SSSR count). The molecule has 0 saturated heterocycles. The lowest BCUT2D eigenvalue weighted by molar-refractivity contribution is -0.137. The molecule has 0 saturated carbocycles. The number of nitrogens with one attached hydrogen (secondary N) is 1. The first-order valence-electron chi connectivity index (χ1n) is 10.8. The zero-order valence-electron chi connectivity index (χ0n) is 19.0. The van der Waals surface area contributed by atoms with Crippen LogP contribution in [0, 0.1) is 6.92 Å². The van der Waals surface area contributed by atoms with Gasteiger partial charge < -0.3 is 9.73 Å². The first-order chi connectivity index (χ1) is 17.0. The molecule has 36 heavy (non-hydrogen) atoms. The average molecular weight is 515 g/mol. The maximum absolute atomic E-state index is 12.8. The molecular formula is C26H21F3N2O4S. The number of carbonyl (C=O) groups excluding carboxylic acids is 1. The molecule has 1 N–H and O–H groups in total. The zero-order chi connectivity index (χ0) is 25.9. The van der Waals surface area contributed by atoms with Crippen molar-refractivity contribution >= 4 is 15.7 Å². The maximum atomic E-state index is 12.8. The summed E-state index contributed by atoms with van der Waals surface area (Å²) < 4.78 is 69.4. The maximum Gasteiger partial charge on any atom is 0.416 e. The number of oxazole rings is 1. The highest BCUT2D eigenvalue weighted by atomic mass is 32.2. The summed E-state index contributed by atoms with van der Waals surface area (Å²) in [5.41, 5.74) is 1.16. The molecule has 0 spiro atoms. The summed E-state index contributed by atoms with van der Waals surface area (Å²) in [5, 5.41) is 2.83. The molecule has 0 atom stereocenters. The normalized spacial score (nSPS) is 11.9. The molecule has 6 nitrogen and oxygen atoms in total. The Morgan fingerprint density at radius 1 is 0.944 bits per heavy atom. The van der Waals surface area contributed by atoms with Gasteiger partial charge in [-0.15, -0.1) is 0 Å². The number of halogens is 3. The standard InChI is InChI=1S/C26H21F3N2O4S/c1-17-23(16-36(33,34)22-13-11-21(12-14-22)26(27,28)29)31-25(35-17)20-9-7-19(8-10-20)24(32)30-15-18-5-3-2-4-6-18/h2-14H,15-16H2,1H3,(H,30,32). The molecule has 1 amide bonds. The molecule has 10 heteroatoms. The Morgan fingerprint density at radius 3 is 2.19 bits per heavy atom. The fourth-order valence-corrected chi connectivity index (χ4v) is 4.79. The molecule has 0 aliphatic rings. The highest BCUT2D eigenvalue weighted by Gasteiger charge is 2.31. The Kier molecular flexibility index (Phi) is 6.98. The summed E-state index contributed by atoms with van der Waals surface area (Å²) >= 11 is 0. The number of aryl methyl sites for hydroxylation is 1. The van der Waals surface area contributed by atoms with Crippen LogP contribution < -0.4 is 5.32 Å². The smallest absolute Gasteiger partial charge is 0.416 e. The predicted octanol–water partition coefficient (Wildman–Crippen LogP) is 5.57. The number of carbonyl (C=O) groups is 1. The van der Waals surface area contributed by atoms with Gasteiger partial charge >= 0.3 is 6.18 Å². The van der Waals surface area contributed by atoms with Gasteiger partial charge in [0, 0.05) is 17.7 Å². The van der Waals surface area contributed by atoms with Gasteiger partial charge in [0.25, 0.3) is 5.91 Å². The van der Waals surface area contributed by atoms with Crippen molar-refractivity contribution in [1.82, 2.24) is 10.3 Å². The summed E-state index contributed by atoms with van der Waals surface area (Å²) in [5.74, 6) is -0.350. The largest absolute Gasteiger partial charge is 0.441 e. The Balaban J connectivity index is 1.45. The lowest BCUT2D eigenvalue weighted by Gasteiger charge is -2.08. The molecule has 0 bridgehead atoms. The van der Waals surface area contributed by atoms with Crippen molar-refractivity contribution in [3.8, 4) is 11.5 Å². The summed E-state index contributed by atoms with van der Waals surface area (Å²) in [7, 11) is -3.96. The number of nitrogens with zero attached hydrogens (tertiary/aromatic N) is 1. The molecule has 0 aliphatic heterocycles. The topological polar surface area (TPSA) is 89.3 Å². The van der Waals surface area contributed by atoms with Gasteiger partial charge in [-0.25, -0.2) is 13.4 Å². The molecule has 0 fully saturated rings. The molecule has 186 valence electrons. The van der Waals surface area contributed by atoms with Gasteiger partial charge in [0.2, 0.25) is 5.89 Å². The van der Waals surface area contributed by atoms with E-state index < -0.39 is 27.3 Å². The number of hydrogen-bond acceptors (Lipinski definition) is 5. The van der Waals surface area contributed by atoms with E-state index in [2.05, 4.69) is 10.3 Å². The quantitative estimate of drug-likeness (QED) is 0.348. The monoisotopic (exact) mass is 514 g/mol. The van der Waals surface area contributed by atoms with Crippen LogP contribution in [0.5, 0.6) is 0 Å². The first kappa shape index (κ1) is 25.2. The second kappa shape index (κ2) is 9.98. The Labute approximate surface area is 205 Å². The van der Waals surface area contributed by atoms with Crippen molar-refractivity contribution in [2.24, 2.45) is 0 Å². The van der Waals surface area contributed by atoms with Crippen molar-refractivity contribution in [2.75, 3.05) is 0 Å². The second-order valence-electron chi connectivity index (χ2n) is 8.05. The Morgan fingerprint density at radius 2 is 1.58 bits per heavy atom. The molecule has 3 aromatic carbocycles. The second-order valence-corrected chi connectivity index (χ2v) is 10.0. The van der Waals surface area contributed by atoms with Crippen LogP contribution in [-0.2, 0) is 28.3 Å². The highest BCUT2D eigenvalue weighted by molar-refractivity contribution is 7.90. The molecular weight excluding hydrogens is 493 g/mol. The number of alkyl halides is 3. The van der Waals surface area contributed by atoms with E-state index in [-0.39, 0.29) is 28.1 Å². The van der Waals surface area contributed by atoms with Crippen LogP contribution in [-0.4, -0.2) is 19.3 Å². The minimum atomic E-state index is -4.56. The fourth-order valence-electron chi connectivity index (χ4n) is 3.44. The van der Waals surface area contributed by atoms with Crippen LogP contribution in [0.25, 0.3) is 11.5 Å². The summed E-state index contributed by atoms with van der Waals surface area (Å²) in [6, 6.07) is 19.3. The van der Waals surface area contributed by atoms with E-state index in [0.29, 0.717) is 17.7 Å². The van der Waals surface area contributed by atoms with Gasteiger partial charge in [-0.2, -0.15) is 13.2 Å². The van der Waals surface area contributed by atoms with Crippen LogP contribution in [0.4, 0.5) is 13.2 Å². The van der Waals surface area contributed by atoms with Gasteiger partial charge in [-0.05, 0) is 61.0 Å². The van der Waals surface area contributed by atoms with Crippen LogP contribution >= 0.6 is 0 Å². The van der Waals surface area contributed by atoms with Gasteiger partial charge in [0.05, 0.1) is 16.2 Å². The number of benzene rings is 3. The lowest BCUT2D eigenvalue weighted by Crippen LogP contribution is -2.22. The first-order valence-corrected chi connectivity index (χ1v) is 12.5. The van der Waals surface area contributed by atoms with E-state index in [1.807, 2.05) is 30.3 Å². The number of hydrogen-bond donors (Lipinski definition) is 1. The highest BCUT2D eigenvalue weighted by Crippen LogP contribution is 2.31. The van der Waals surface area contributed by atoms with Crippen molar-refractivity contribution < 1.29 is 30.8 Å². The van der Waals surface area contributed by atoms with Gasteiger partial charge in [0.1, 0.15) is 11.5 Å². The summed E-state index contributed by atoms with van der Waals surface area (Å²) in [6.45, 7) is 1.94. The van der Waals surface area contributed by atoms with E-state index >= 15 is 0 Å². The van der Waals surface area contributed by atoms with E-state index in [0.717, 1.165) is 29.8 Å². The predicted molar refractivity (Wildman–Crippen MR) is 127 cm³/mol. The molecule has 0 aliphatic carbocycles. The van der Waals surface area contributed by atoms with Gasteiger partial charge in [-0.1, -0.05) is 30.3 Å². The third-order valence-electron chi connectivity index (χ3n) is 5.45. The molecule has 0 radical (unpaired) electrons. The van der Waals surface area contributed by atoms with E-state index in [4.69, 9.17) is 4.42 Å². The van der Waals surface area contributed by atoms with Crippen LogP contribution in [0.15, 0.2) is 88.2 Å². The number of rotatable bonds is 7. The average Bonchev–Trinajstić information content (AvgIpc) is 3.22. The van der Waals surface area contributed by atoms with Crippen molar-refractivity contribution in [3.63, 3.8) is 0 Å². The van der Waals surface area contributed by atoms with Crippen LogP contribution in [0.1, 0.15) is 32.9 Å². The van der Waals surface area contributed by atoms with Crippen molar-refractivity contribution in [3.05, 3.63) is 107 Å². The molecule has 1 aromatic heterocycles. The van der Waals surface area contributed by atoms with Crippen molar-refractivity contribution in [2.45, 2.75) is 30.3 Å². The molecule has 0 unspecified atom stereocenters. The number of sulfone groups is 1. The zero-order valence-corrected chi connectivity index (χ0v) is 19.9. The van der Waals surface area contributed by atoms with Crippen molar-refractivity contribution in [1.29, 1.82) is 0 Å². The Hall–Kier alpha value is -3.92. The minimum Gasteiger partial charge on any atom is -0.441 e. The summed E-state index contributed by atoms with van der Waals surface area (Å²) in [4.78, 5) is 16.4.